The van der Waals surface area contributed by atoms with Crippen molar-refractivity contribution in [2.75, 3.05) is 11.1 Å². The number of benzene rings is 2. The zero-order valence-electron chi connectivity index (χ0n) is 12.9. The molecule has 4 N–H and O–H groups in total. The molecule has 0 atom stereocenters. The van der Waals surface area contributed by atoms with E-state index in [1.165, 1.54) is 24.3 Å². The van der Waals surface area contributed by atoms with Crippen LogP contribution in [0.15, 0.2) is 36.4 Å². The monoisotopic (exact) mass is 362 g/mol. The molecule has 1 aromatic heterocycles. The summed E-state index contributed by atoms with van der Waals surface area (Å²) in [5, 5.41) is 17.3. The van der Waals surface area contributed by atoms with Gasteiger partial charge in [-0.1, -0.05) is 12.1 Å². The van der Waals surface area contributed by atoms with Gasteiger partial charge in [0, 0.05) is 11.3 Å². The molecular formula is C16H10F4N6. The number of hydrogen-bond donors (Lipinski definition) is 3. The minimum absolute atomic E-state index is 0.0473. The third-order valence-electron chi connectivity index (χ3n) is 3.43. The molecule has 10 heteroatoms. The van der Waals surface area contributed by atoms with Crippen molar-refractivity contribution in [1.82, 2.24) is 15.2 Å². The van der Waals surface area contributed by atoms with Gasteiger partial charge in [-0.25, -0.2) is 9.49 Å². The zero-order valence-corrected chi connectivity index (χ0v) is 12.9. The normalized spacial score (nSPS) is 11.2. The highest BCUT2D eigenvalue weighted by Crippen LogP contribution is 2.40. The number of nitrogens with one attached hydrogen (secondary N) is 2. The fourth-order valence-electron chi connectivity index (χ4n) is 2.40. The molecule has 0 radical (unpaired) electrons. The Balaban J connectivity index is 2.14. The topological polar surface area (TPSA) is 103 Å². The van der Waals surface area contributed by atoms with Crippen molar-refractivity contribution in [2.45, 2.75) is 6.18 Å². The van der Waals surface area contributed by atoms with Crippen LogP contribution in [0.4, 0.5) is 35.1 Å². The number of nitriles is 1. The summed E-state index contributed by atoms with van der Waals surface area (Å²) in [6.45, 7) is 0. The largest absolute Gasteiger partial charge is 0.417 e. The van der Waals surface area contributed by atoms with Crippen molar-refractivity contribution in [2.24, 2.45) is 0 Å². The first-order valence-corrected chi connectivity index (χ1v) is 7.14. The summed E-state index contributed by atoms with van der Waals surface area (Å²) in [7, 11) is 0. The SMILES string of the molecule is N#Cc1cccc(-c2c(F)cc(Nc3n[nH]c(N)n3)cc2C(F)(F)F)c1. The maximum Gasteiger partial charge on any atom is 0.417 e. The number of anilines is 3. The lowest BCUT2D eigenvalue weighted by molar-refractivity contribution is -0.137. The highest BCUT2D eigenvalue weighted by Gasteiger charge is 2.36. The quantitative estimate of drug-likeness (QED) is 0.615. The van der Waals surface area contributed by atoms with Crippen LogP contribution in [0, 0.1) is 17.1 Å². The first kappa shape index (κ1) is 17.2. The van der Waals surface area contributed by atoms with Crippen LogP contribution in [0.5, 0.6) is 0 Å². The molecule has 0 aliphatic rings. The van der Waals surface area contributed by atoms with E-state index in [-0.39, 0.29) is 28.7 Å². The number of rotatable bonds is 3. The van der Waals surface area contributed by atoms with Crippen LogP contribution in [-0.2, 0) is 6.18 Å². The van der Waals surface area contributed by atoms with E-state index < -0.39 is 23.1 Å². The van der Waals surface area contributed by atoms with E-state index in [1.807, 2.05) is 6.07 Å². The van der Waals surface area contributed by atoms with Crippen LogP contribution in [-0.4, -0.2) is 15.2 Å². The third-order valence-corrected chi connectivity index (χ3v) is 3.43. The van der Waals surface area contributed by atoms with Gasteiger partial charge in [-0.3, -0.25) is 0 Å². The van der Waals surface area contributed by atoms with Crippen molar-refractivity contribution in [1.29, 1.82) is 5.26 Å². The molecular weight excluding hydrogens is 352 g/mol. The van der Waals surface area contributed by atoms with E-state index in [2.05, 4.69) is 20.5 Å². The van der Waals surface area contributed by atoms with Crippen LogP contribution in [0.25, 0.3) is 11.1 Å². The number of nitrogens with zero attached hydrogens (tertiary/aromatic N) is 3. The molecule has 0 aliphatic carbocycles. The van der Waals surface area contributed by atoms with Crippen molar-refractivity contribution >= 4 is 17.6 Å². The fourth-order valence-corrected chi connectivity index (χ4v) is 2.40. The number of nitrogens with two attached hydrogens (primary N) is 1. The predicted octanol–water partition coefficient (Wildman–Crippen LogP) is 3.83. The average Bonchev–Trinajstić information content (AvgIpc) is 2.98. The van der Waals surface area contributed by atoms with Crippen molar-refractivity contribution in [3.05, 3.63) is 53.3 Å². The van der Waals surface area contributed by atoms with Gasteiger partial charge >= 0.3 is 6.18 Å². The maximum absolute atomic E-state index is 14.6. The lowest BCUT2D eigenvalue weighted by Gasteiger charge is -2.16. The van der Waals surface area contributed by atoms with Crippen LogP contribution in [0.3, 0.4) is 0 Å². The minimum Gasteiger partial charge on any atom is -0.368 e. The highest BCUT2D eigenvalue weighted by molar-refractivity contribution is 5.73. The number of aromatic nitrogens is 3. The Morgan fingerprint density at radius 1 is 1.19 bits per heavy atom. The Bertz CT molecular complexity index is 1000. The summed E-state index contributed by atoms with van der Waals surface area (Å²) in [4.78, 5) is 3.69. The van der Waals surface area contributed by atoms with Gasteiger partial charge in [0.05, 0.1) is 17.2 Å². The van der Waals surface area contributed by atoms with Gasteiger partial charge in [0.15, 0.2) is 0 Å². The van der Waals surface area contributed by atoms with Crippen LogP contribution >= 0.6 is 0 Å². The Labute approximate surface area is 144 Å². The van der Waals surface area contributed by atoms with E-state index >= 15 is 0 Å². The van der Waals surface area contributed by atoms with E-state index in [4.69, 9.17) is 11.0 Å². The second-order valence-electron chi connectivity index (χ2n) is 5.24. The van der Waals surface area contributed by atoms with Gasteiger partial charge in [-0.2, -0.15) is 23.4 Å². The minimum atomic E-state index is -4.82. The number of H-pyrrole nitrogens is 1. The Morgan fingerprint density at radius 3 is 2.58 bits per heavy atom. The fraction of sp³-hybridized carbons (Fsp3) is 0.0625. The molecule has 0 aliphatic heterocycles. The molecule has 0 bridgehead atoms. The van der Waals surface area contributed by atoms with Gasteiger partial charge in [0.1, 0.15) is 5.82 Å². The Morgan fingerprint density at radius 2 is 1.96 bits per heavy atom. The number of hydrogen-bond acceptors (Lipinski definition) is 5. The van der Waals surface area contributed by atoms with Crippen LogP contribution in [0.1, 0.15) is 11.1 Å². The van der Waals surface area contributed by atoms with E-state index in [0.717, 1.165) is 12.1 Å². The molecule has 0 saturated heterocycles. The van der Waals surface area contributed by atoms with E-state index in [9.17, 15) is 17.6 Å². The Hall–Kier alpha value is -3.61. The van der Waals surface area contributed by atoms with Gasteiger partial charge in [0.25, 0.3) is 0 Å². The number of halogens is 4. The number of alkyl halides is 3. The first-order chi connectivity index (χ1) is 12.3. The molecule has 6 nitrogen and oxygen atoms in total. The van der Waals surface area contributed by atoms with Crippen molar-refractivity contribution < 1.29 is 17.6 Å². The molecule has 2 aromatic carbocycles. The molecule has 3 rings (SSSR count). The summed E-state index contributed by atoms with van der Waals surface area (Å²) >= 11 is 0. The van der Waals surface area contributed by atoms with Gasteiger partial charge < -0.3 is 11.1 Å². The molecule has 0 spiro atoms. The van der Waals surface area contributed by atoms with Crippen LogP contribution in [0.2, 0.25) is 0 Å². The smallest absolute Gasteiger partial charge is 0.368 e. The molecule has 26 heavy (non-hydrogen) atoms. The summed E-state index contributed by atoms with van der Waals surface area (Å²) < 4.78 is 55.1. The highest BCUT2D eigenvalue weighted by atomic mass is 19.4. The molecule has 0 unspecified atom stereocenters. The van der Waals surface area contributed by atoms with E-state index in [0.29, 0.717) is 0 Å². The molecule has 0 fully saturated rings. The summed E-state index contributed by atoms with van der Waals surface area (Å²) in [6, 6.07) is 8.73. The van der Waals surface area contributed by atoms with Gasteiger partial charge in [0.2, 0.25) is 11.9 Å². The third kappa shape index (κ3) is 3.41. The summed E-state index contributed by atoms with van der Waals surface area (Å²) in [6.07, 6.45) is -4.82. The second kappa shape index (κ2) is 6.36. The molecule has 0 saturated carbocycles. The van der Waals surface area contributed by atoms with Crippen molar-refractivity contribution in [3.8, 4) is 17.2 Å². The summed E-state index contributed by atoms with van der Waals surface area (Å²) in [5.74, 6) is -1.26. The predicted molar refractivity (Wildman–Crippen MR) is 85.6 cm³/mol. The maximum atomic E-state index is 14.6. The van der Waals surface area contributed by atoms with Crippen LogP contribution < -0.4 is 11.1 Å². The molecule has 1 heterocycles. The van der Waals surface area contributed by atoms with Gasteiger partial charge in [-0.15, -0.1) is 5.10 Å². The lowest BCUT2D eigenvalue weighted by Crippen LogP contribution is -2.10. The molecule has 0 amide bonds. The lowest BCUT2D eigenvalue weighted by atomic mass is 9.96. The molecule has 132 valence electrons. The molecule has 3 aromatic rings. The first-order valence-electron chi connectivity index (χ1n) is 7.14. The zero-order chi connectivity index (χ0) is 18.9. The van der Waals surface area contributed by atoms with Gasteiger partial charge in [-0.05, 0) is 29.8 Å². The average molecular weight is 362 g/mol. The van der Waals surface area contributed by atoms with E-state index in [1.54, 1.807) is 0 Å². The Kier molecular flexibility index (Phi) is 4.21. The number of nitrogen functional groups attached to an aromatic ring is 1. The second-order valence-corrected chi connectivity index (χ2v) is 5.24. The number of aromatic amines is 1. The summed E-state index contributed by atoms with van der Waals surface area (Å²) in [5.41, 5.74) is 3.37. The van der Waals surface area contributed by atoms with Crippen molar-refractivity contribution in [3.63, 3.8) is 0 Å². The standard InChI is InChI=1S/C16H10F4N6/c17-12-6-10(23-15-24-14(22)25-26-15)5-11(16(18,19)20)13(12)9-3-1-2-8(4-9)7-21/h1-6H,(H4,22,23,24,25,26).